The van der Waals surface area contributed by atoms with Crippen molar-refractivity contribution in [2.45, 2.75) is 17.7 Å². The lowest BCUT2D eigenvalue weighted by Crippen LogP contribution is -2.07. The van der Waals surface area contributed by atoms with Crippen LogP contribution in [0, 0.1) is 5.82 Å². The number of aliphatic carboxylic acids is 1. The van der Waals surface area contributed by atoms with E-state index >= 15 is 0 Å². The zero-order chi connectivity index (χ0) is 19.8. The number of aromatic nitrogens is 1. The number of benzene rings is 2. The van der Waals surface area contributed by atoms with Crippen molar-refractivity contribution in [1.29, 1.82) is 0 Å². The SMILES string of the molecule is CC(C(=O)O)c1nc(-c2ccc(F)cc2)c(-c2ccc(S(C)(=O)=O)cc2)o1. The third-order valence-electron chi connectivity index (χ3n) is 4.05. The highest BCUT2D eigenvalue weighted by Crippen LogP contribution is 2.35. The number of sulfone groups is 1. The van der Waals surface area contributed by atoms with Gasteiger partial charge in [0.05, 0.1) is 4.90 Å². The highest BCUT2D eigenvalue weighted by Gasteiger charge is 2.24. The molecule has 140 valence electrons. The fraction of sp³-hybridized carbons (Fsp3) is 0.158. The van der Waals surface area contributed by atoms with Crippen LogP contribution in [-0.2, 0) is 14.6 Å². The predicted molar refractivity (Wildman–Crippen MR) is 96.5 cm³/mol. The second-order valence-corrected chi connectivity index (χ2v) is 8.11. The maximum Gasteiger partial charge on any atom is 0.315 e. The standard InChI is InChI=1S/C19H16FNO5S/c1-11(19(22)23)18-21-16(12-3-7-14(20)8-4-12)17(26-18)13-5-9-15(10-6-13)27(2,24)25/h3-11H,1-2H3,(H,22,23). The Balaban J connectivity index is 2.15. The number of hydrogen-bond acceptors (Lipinski definition) is 5. The number of halogens is 1. The fourth-order valence-corrected chi connectivity index (χ4v) is 3.11. The summed E-state index contributed by atoms with van der Waals surface area (Å²) < 4.78 is 42.2. The lowest BCUT2D eigenvalue weighted by atomic mass is 10.1. The Hall–Kier alpha value is -3.00. The lowest BCUT2D eigenvalue weighted by molar-refractivity contribution is -0.138. The van der Waals surface area contributed by atoms with Crippen LogP contribution in [0.5, 0.6) is 0 Å². The normalized spacial score (nSPS) is 12.7. The van der Waals surface area contributed by atoms with Crippen molar-refractivity contribution in [1.82, 2.24) is 4.98 Å². The zero-order valence-corrected chi connectivity index (χ0v) is 15.3. The minimum absolute atomic E-state index is 0.00372. The van der Waals surface area contributed by atoms with Gasteiger partial charge in [0.25, 0.3) is 0 Å². The van der Waals surface area contributed by atoms with E-state index in [1.165, 1.54) is 43.3 Å². The second-order valence-electron chi connectivity index (χ2n) is 6.09. The first-order valence-electron chi connectivity index (χ1n) is 7.97. The third kappa shape index (κ3) is 3.90. The summed E-state index contributed by atoms with van der Waals surface area (Å²) in [5.41, 5.74) is 1.43. The Morgan fingerprint density at radius 3 is 2.15 bits per heavy atom. The van der Waals surface area contributed by atoms with Crippen LogP contribution in [0.1, 0.15) is 18.7 Å². The Kier molecular flexibility index (Phi) is 4.84. The molecule has 1 N–H and O–H groups in total. The number of carbonyl (C=O) groups is 1. The first-order valence-corrected chi connectivity index (χ1v) is 9.86. The molecule has 1 aromatic heterocycles. The molecule has 2 aromatic carbocycles. The van der Waals surface area contributed by atoms with Gasteiger partial charge < -0.3 is 9.52 Å². The molecule has 0 aliphatic carbocycles. The number of carboxylic acids is 1. The Labute approximate surface area is 155 Å². The van der Waals surface area contributed by atoms with Gasteiger partial charge >= 0.3 is 5.97 Å². The molecule has 0 bridgehead atoms. The van der Waals surface area contributed by atoms with Crippen LogP contribution in [0.2, 0.25) is 0 Å². The van der Waals surface area contributed by atoms with Crippen molar-refractivity contribution >= 4 is 15.8 Å². The summed E-state index contributed by atoms with van der Waals surface area (Å²) in [7, 11) is -3.35. The molecule has 27 heavy (non-hydrogen) atoms. The summed E-state index contributed by atoms with van der Waals surface area (Å²) in [6, 6.07) is 11.5. The first kappa shape index (κ1) is 18.8. The van der Waals surface area contributed by atoms with Crippen LogP contribution in [-0.4, -0.2) is 30.7 Å². The second kappa shape index (κ2) is 6.96. The molecule has 0 saturated carbocycles. The van der Waals surface area contributed by atoms with Gasteiger partial charge in [0, 0.05) is 17.4 Å². The van der Waals surface area contributed by atoms with Crippen molar-refractivity contribution in [3.8, 4) is 22.6 Å². The summed E-state index contributed by atoms with van der Waals surface area (Å²) in [5, 5.41) is 9.22. The predicted octanol–water partition coefficient (Wildman–Crippen LogP) is 3.74. The van der Waals surface area contributed by atoms with E-state index in [0.717, 1.165) is 6.26 Å². The molecule has 0 fully saturated rings. The van der Waals surface area contributed by atoms with Gasteiger partial charge in [-0.1, -0.05) is 0 Å². The lowest BCUT2D eigenvalue weighted by Gasteiger charge is -2.03. The highest BCUT2D eigenvalue weighted by atomic mass is 32.2. The summed E-state index contributed by atoms with van der Waals surface area (Å²) >= 11 is 0. The molecular formula is C19H16FNO5S. The van der Waals surface area contributed by atoms with Gasteiger partial charge in [-0.2, -0.15) is 0 Å². The summed E-state index contributed by atoms with van der Waals surface area (Å²) in [5.74, 6) is -2.21. The van der Waals surface area contributed by atoms with E-state index in [1.807, 2.05) is 0 Å². The van der Waals surface area contributed by atoms with Crippen molar-refractivity contribution in [2.75, 3.05) is 6.26 Å². The molecule has 0 spiro atoms. The van der Waals surface area contributed by atoms with Crippen molar-refractivity contribution < 1.29 is 27.1 Å². The van der Waals surface area contributed by atoms with E-state index in [9.17, 15) is 22.7 Å². The third-order valence-corrected chi connectivity index (χ3v) is 5.18. The van der Waals surface area contributed by atoms with E-state index in [2.05, 4.69) is 4.98 Å². The number of carboxylic acid groups (broad SMARTS) is 1. The summed E-state index contributed by atoms with van der Waals surface area (Å²) in [4.78, 5) is 15.7. The van der Waals surface area contributed by atoms with E-state index in [4.69, 9.17) is 4.42 Å². The number of oxazole rings is 1. The van der Waals surface area contributed by atoms with Crippen LogP contribution in [0.25, 0.3) is 22.6 Å². The average molecular weight is 389 g/mol. The Morgan fingerprint density at radius 1 is 1.07 bits per heavy atom. The molecule has 3 aromatic rings. The molecule has 8 heteroatoms. The molecule has 1 heterocycles. The molecule has 0 aliphatic rings. The van der Waals surface area contributed by atoms with Gasteiger partial charge in [-0.05, 0) is 55.5 Å². The van der Waals surface area contributed by atoms with Crippen molar-refractivity contribution in [3.05, 3.63) is 60.2 Å². The highest BCUT2D eigenvalue weighted by molar-refractivity contribution is 7.90. The topological polar surface area (TPSA) is 97.5 Å². The van der Waals surface area contributed by atoms with Crippen LogP contribution in [0.3, 0.4) is 0 Å². The van der Waals surface area contributed by atoms with Crippen LogP contribution < -0.4 is 0 Å². The number of rotatable bonds is 5. The Bertz CT molecular complexity index is 1090. The van der Waals surface area contributed by atoms with Crippen molar-refractivity contribution in [3.63, 3.8) is 0 Å². The molecule has 1 unspecified atom stereocenters. The molecule has 0 aliphatic heterocycles. The van der Waals surface area contributed by atoms with E-state index in [1.54, 1.807) is 12.1 Å². The number of nitrogens with zero attached hydrogens (tertiary/aromatic N) is 1. The zero-order valence-electron chi connectivity index (χ0n) is 14.5. The smallest absolute Gasteiger partial charge is 0.315 e. The van der Waals surface area contributed by atoms with E-state index in [0.29, 0.717) is 16.8 Å². The van der Waals surface area contributed by atoms with E-state index < -0.39 is 27.5 Å². The number of hydrogen-bond donors (Lipinski definition) is 1. The van der Waals surface area contributed by atoms with Gasteiger partial charge in [-0.25, -0.2) is 17.8 Å². The molecule has 1 atom stereocenters. The van der Waals surface area contributed by atoms with Gasteiger partial charge in [0.1, 0.15) is 17.4 Å². The monoisotopic (exact) mass is 389 g/mol. The van der Waals surface area contributed by atoms with Crippen molar-refractivity contribution in [2.24, 2.45) is 0 Å². The molecular weight excluding hydrogens is 373 g/mol. The first-order chi connectivity index (χ1) is 12.7. The average Bonchev–Trinajstić information content (AvgIpc) is 3.06. The van der Waals surface area contributed by atoms with Gasteiger partial charge in [-0.3, -0.25) is 4.79 Å². The van der Waals surface area contributed by atoms with Crippen LogP contribution in [0.4, 0.5) is 4.39 Å². The van der Waals surface area contributed by atoms with Crippen LogP contribution >= 0.6 is 0 Å². The summed E-state index contributed by atoms with van der Waals surface area (Å²) in [6.45, 7) is 1.44. The van der Waals surface area contributed by atoms with Gasteiger partial charge in [-0.15, -0.1) is 0 Å². The van der Waals surface area contributed by atoms with Crippen LogP contribution in [0.15, 0.2) is 57.8 Å². The molecule has 3 rings (SSSR count). The largest absolute Gasteiger partial charge is 0.481 e. The van der Waals surface area contributed by atoms with Gasteiger partial charge in [0.2, 0.25) is 5.89 Å². The quantitative estimate of drug-likeness (QED) is 0.714. The van der Waals surface area contributed by atoms with E-state index in [-0.39, 0.29) is 16.5 Å². The maximum absolute atomic E-state index is 13.2. The van der Waals surface area contributed by atoms with Gasteiger partial charge in [0.15, 0.2) is 15.6 Å². The Morgan fingerprint density at radius 2 is 1.63 bits per heavy atom. The molecule has 6 nitrogen and oxygen atoms in total. The summed E-state index contributed by atoms with van der Waals surface area (Å²) in [6.07, 6.45) is 1.10. The minimum Gasteiger partial charge on any atom is -0.481 e. The molecule has 0 radical (unpaired) electrons. The minimum atomic E-state index is -3.35. The molecule has 0 saturated heterocycles. The fourth-order valence-electron chi connectivity index (χ4n) is 2.48. The molecule has 0 amide bonds. The maximum atomic E-state index is 13.2.